The molecule has 6 nitrogen and oxygen atoms in total. The van der Waals surface area contributed by atoms with Gasteiger partial charge < -0.3 is 9.64 Å². The van der Waals surface area contributed by atoms with Crippen LogP contribution in [0.1, 0.15) is 36.0 Å². The van der Waals surface area contributed by atoms with Gasteiger partial charge in [0, 0.05) is 24.7 Å². The van der Waals surface area contributed by atoms with Gasteiger partial charge in [-0.25, -0.2) is 13.1 Å². The van der Waals surface area contributed by atoms with E-state index in [-0.39, 0.29) is 28.2 Å². The molecule has 1 amide bonds. The van der Waals surface area contributed by atoms with E-state index in [1.807, 2.05) is 0 Å². The number of nitrogens with one attached hydrogen (secondary N) is 1. The molecule has 1 aromatic rings. The van der Waals surface area contributed by atoms with Gasteiger partial charge in [-0.05, 0) is 31.0 Å². The lowest BCUT2D eigenvalue weighted by atomic mass is 10.2. The summed E-state index contributed by atoms with van der Waals surface area (Å²) in [4.78, 5) is 14.2. The summed E-state index contributed by atoms with van der Waals surface area (Å²) in [7, 11) is -2.37. The van der Waals surface area contributed by atoms with E-state index >= 15 is 0 Å². The lowest BCUT2D eigenvalue weighted by molar-refractivity contribution is 0.0790. The van der Waals surface area contributed by atoms with Crippen molar-refractivity contribution in [3.63, 3.8) is 0 Å². The van der Waals surface area contributed by atoms with Crippen molar-refractivity contribution >= 4 is 15.9 Å². The number of methoxy groups -OCH3 is 1. The number of benzene rings is 1. The molecule has 0 unspecified atom stereocenters. The van der Waals surface area contributed by atoms with Crippen LogP contribution in [-0.2, 0) is 10.0 Å². The quantitative estimate of drug-likeness (QED) is 0.671. The third kappa shape index (κ3) is 4.74. The van der Waals surface area contributed by atoms with Crippen LogP contribution in [0.25, 0.3) is 0 Å². The highest BCUT2D eigenvalue weighted by atomic mass is 32.2. The zero-order valence-corrected chi connectivity index (χ0v) is 15.9. The smallest absolute Gasteiger partial charge is 0.254 e. The number of rotatable bonds is 9. The van der Waals surface area contributed by atoms with Crippen molar-refractivity contribution in [2.75, 3.05) is 20.2 Å². The lowest BCUT2D eigenvalue weighted by Gasteiger charge is -2.20. The average Bonchev–Trinajstić information content (AvgIpc) is 3.12. The van der Waals surface area contributed by atoms with Gasteiger partial charge in [0.15, 0.2) is 0 Å². The largest absolute Gasteiger partial charge is 0.495 e. The molecule has 1 aliphatic rings. The topological polar surface area (TPSA) is 75.7 Å². The van der Waals surface area contributed by atoms with Crippen molar-refractivity contribution in [2.24, 2.45) is 0 Å². The van der Waals surface area contributed by atoms with Crippen LogP contribution in [0.3, 0.4) is 0 Å². The maximum absolute atomic E-state index is 12.8. The summed E-state index contributed by atoms with van der Waals surface area (Å²) in [6.07, 6.45) is 6.91. The van der Waals surface area contributed by atoms with Gasteiger partial charge in [0.05, 0.1) is 7.11 Å². The Balaban J connectivity index is 2.36. The number of hydrogen-bond acceptors (Lipinski definition) is 4. The number of sulfonamides is 1. The molecule has 142 valence electrons. The minimum atomic E-state index is -3.78. The van der Waals surface area contributed by atoms with E-state index in [0.29, 0.717) is 13.1 Å². The Morgan fingerprint density at radius 3 is 2.42 bits per heavy atom. The van der Waals surface area contributed by atoms with Crippen molar-refractivity contribution in [1.29, 1.82) is 0 Å². The minimum absolute atomic E-state index is 0.0186. The first-order chi connectivity index (χ1) is 12.4. The average molecular weight is 378 g/mol. The van der Waals surface area contributed by atoms with Crippen LogP contribution < -0.4 is 9.46 Å². The molecule has 0 radical (unpaired) electrons. The maximum atomic E-state index is 12.8. The van der Waals surface area contributed by atoms with Crippen LogP contribution >= 0.6 is 0 Å². The van der Waals surface area contributed by atoms with Gasteiger partial charge >= 0.3 is 0 Å². The van der Waals surface area contributed by atoms with E-state index in [4.69, 9.17) is 4.74 Å². The summed E-state index contributed by atoms with van der Waals surface area (Å²) in [5, 5.41) is 0. The van der Waals surface area contributed by atoms with Gasteiger partial charge in [-0.1, -0.05) is 25.0 Å². The van der Waals surface area contributed by atoms with Crippen LogP contribution in [0, 0.1) is 0 Å². The molecule has 1 aliphatic carbocycles. The molecule has 1 N–H and O–H groups in total. The van der Waals surface area contributed by atoms with Crippen LogP contribution in [0.5, 0.6) is 5.75 Å². The van der Waals surface area contributed by atoms with Gasteiger partial charge in [0.2, 0.25) is 10.0 Å². The van der Waals surface area contributed by atoms with Crippen LogP contribution in [0.4, 0.5) is 0 Å². The molecule has 0 aromatic heterocycles. The molecule has 7 heteroatoms. The summed E-state index contributed by atoms with van der Waals surface area (Å²) in [5.41, 5.74) is 0.279. The van der Waals surface area contributed by atoms with Crippen LogP contribution in [-0.4, -0.2) is 45.5 Å². The van der Waals surface area contributed by atoms with E-state index in [1.165, 1.54) is 24.1 Å². The third-order valence-corrected chi connectivity index (χ3v) is 5.90. The Morgan fingerprint density at radius 2 is 1.88 bits per heavy atom. The molecular formula is C19H26N2O4S. The Hall–Kier alpha value is -2.12. The molecule has 0 spiro atoms. The zero-order valence-electron chi connectivity index (χ0n) is 15.1. The van der Waals surface area contributed by atoms with Gasteiger partial charge in [0.25, 0.3) is 5.91 Å². The van der Waals surface area contributed by atoms with Gasteiger partial charge in [-0.15, -0.1) is 13.2 Å². The first-order valence-corrected chi connectivity index (χ1v) is 10.1. The van der Waals surface area contributed by atoms with Crippen molar-refractivity contribution in [3.8, 4) is 5.75 Å². The molecular weight excluding hydrogens is 352 g/mol. The molecule has 0 aliphatic heterocycles. The highest BCUT2D eigenvalue weighted by Gasteiger charge is 2.27. The van der Waals surface area contributed by atoms with Gasteiger partial charge in [0.1, 0.15) is 10.6 Å². The minimum Gasteiger partial charge on any atom is -0.495 e. The van der Waals surface area contributed by atoms with Gasteiger partial charge in [-0.3, -0.25) is 4.79 Å². The Morgan fingerprint density at radius 1 is 1.27 bits per heavy atom. The fourth-order valence-corrected chi connectivity index (χ4v) is 4.58. The number of carbonyl (C=O) groups is 1. The molecule has 0 bridgehead atoms. The number of amides is 1. The maximum Gasteiger partial charge on any atom is 0.254 e. The molecule has 26 heavy (non-hydrogen) atoms. The van der Waals surface area contributed by atoms with Crippen molar-refractivity contribution in [3.05, 3.63) is 49.1 Å². The Labute approximate surface area is 155 Å². The number of carbonyl (C=O) groups excluding carboxylic acids is 1. The molecule has 0 atom stereocenters. The highest BCUT2D eigenvalue weighted by Crippen LogP contribution is 2.27. The predicted molar refractivity (Wildman–Crippen MR) is 102 cm³/mol. The van der Waals surface area contributed by atoms with Gasteiger partial charge in [-0.2, -0.15) is 0 Å². The molecule has 0 saturated heterocycles. The number of ether oxygens (including phenoxy) is 1. The highest BCUT2D eigenvalue weighted by molar-refractivity contribution is 7.89. The molecule has 1 aromatic carbocycles. The summed E-state index contributed by atoms with van der Waals surface area (Å²) >= 11 is 0. The molecule has 1 fully saturated rings. The van der Waals surface area contributed by atoms with Crippen molar-refractivity contribution in [1.82, 2.24) is 9.62 Å². The normalized spacial score (nSPS) is 14.8. The lowest BCUT2D eigenvalue weighted by Crippen LogP contribution is -2.34. The standard InChI is InChI=1S/C19H26N2O4S/c1-4-12-21(13-5-2)19(22)15-10-11-17(25-3)18(14-15)26(23,24)20-16-8-6-7-9-16/h4-5,10-11,14,16,20H,1-2,6-9,12-13H2,3H3. The van der Waals surface area contributed by atoms with E-state index in [9.17, 15) is 13.2 Å². The first kappa shape index (κ1) is 20.2. The Bertz CT molecular complexity index is 758. The summed E-state index contributed by atoms with van der Waals surface area (Å²) in [5.74, 6) is -0.0733. The van der Waals surface area contributed by atoms with Crippen molar-refractivity contribution in [2.45, 2.75) is 36.6 Å². The predicted octanol–water partition coefficient (Wildman–Crippen LogP) is 2.73. The summed E-state index contributed by atoms with van der Waals surface area (Å²) in [6.45, 7) is 7.99. The monoisotopic (exact) mass is 378 g/mol. The molecule has 1 saturated carbocycles. The Kier molecular flexibility index (Phi) is 6.99. The second-order valence-corrected chi connectivity index (χ2v) is 7.94. The number of hydrogen-bond donors (Lipinski definition) is 1. The second-order valence-electron chi connectivity index (χ2n) is 6.26. The van der Waals surface area contributed by atoms with E-state index in [0.717, 1.165) is 25.7 Å². The number of nitrogens with zero attached hydrogens (tertiary/aromatic N) is 1. The van der Waals surface area contributed by atoms with E-state index < -0.39 is 10.0 Å². The fraction of sp³-hybridized carbons (Fsp3) is 0.421. The van der Waals surface area contributed by atoms with E-state index in [1.54, 1.807) is 18.2 Å². The van der Waals surface area contributed by atoms with E-state index in [2.05, 4.69) is 17.9 Å². The SMILES string of the molecule is C=CCN(CC=C)C(=O)c1ccc(OC)c(S(=O)(=O)NC2CCCC2)c1. The summed E-state index contributed by atoms with van der Waals surface area (Å²) < 4.78 is 33.6. The zero-order chi connectivity index (χ0) is 19.2. The van der Waals surface area contributed by atoms with Crippen molar-refractivity contribution < 1.29 is 17.9 Å². The molecule has 0 heterocycles. The third-order valence-electron chi connectivity index (χ3n) is 4.36. The fourth-order valence-electron chi connectivity index (χ4n) is 3.08. The van der Waals surface area contributed by atoms with Crippen LogP contribution in [0.15, 0.2) is 48.4 Å². The van der Waals surface area contributed by atoms with Crippen LogP contribution in [0.2, 0.25) is 0 Å². The molecule has 2 rings (SSSR count). The first-order valence-electron chi connectivity index (χ1n) is 8.64. The second kappa shape index (κ2) is 9.00. The summed E-state index contributed by atoms with van der Waals surface area (Å²) in [6, 6.07) is 4.38.